The highest BCUT2D eigenvalue weighted by molar-refractivity contribution is 9.10. The quantitative estimate of drug-likeness (QED) is 0.685. The second-order valence-electron chi connectivity index (χ2n) is 6.11. The van der Waals surface area contributed by atoms with E-state index < -0.39 is 10.0 Å². The van der Waals surface area contributed by atoms with Crippen LogP contribution in [0.25, 0.3) is 0 Å². The normalized spacial score (nSPS) is 16.6. The molecule has 26 heavy (non-hydrogen) atoms. The number of nitrogens with zero attached hydrogens (tertiary/aromatic N) is 2. The Hall–Kier alpha value is -1.12. The van der Waals surface area contributed by atoms with E-state index in [-0.39, 0.29) is 4.90 Å². The third-order valence-corrected chi connectivity index (χ3v) is 7.02. The molecule has 0 saturated carbocycles. The van der Waals surface area contributed by atoms with Gasteiger partial charge in [0.05, 0.1) is 7.11 Å². The molecule has 0 atom stereocenters. The third-order valence-electron chi connectivity index (χ3n) is 4.37. The number of methoxy groups -OCH3 is 1. The van der Waals surface area contributed by atoms with Gasteiger partial charge in [0.2, 0.25) is 10.0 Å². The number of benzene rings is 2. The fourth-order valence-corrected chi connectivity index (χ4v) is 5.34. The zero-order chi connectivity index (χ0) is 18.7. The fourth-order valence-electron chi connectivity index (χ4n) is 3.01. The fraction of sp³-hybridized carbons (Fsp3) is 0.333. The average molecular weight is 460 g/mol. The van der Waals surface area contributed by atoms with Crippen molar-refractivity contribution >= 4 is 37.6 Å². The monoisotopic (exact) mass is 458 g/mol. The van der Waals surface area contributed by atoms with Crippen LogP contribution in [0, 0.1) is 0 Å². The SMILES string of the molecule is COc1ccc(Br)cc1S(=O)(=O)N1CCN(Cc2cccc(Cl)c2)CC1. The van der Waals surface area contributed by atoms with Crippen molar-refractivity contribution in [2.45, 2.75) is 11.4 Å². The molecule has 1 aliphatic rings. The summed E-state index contributed by atoms with van der Waals surface area (Å²) in [4.78, 5) is 2.42. The van der Waals surface area contributed by atoms with Gasteiger partial charge >= 0.3 is 0 Å². The van der Waals surface area contributed by atoms with Crippen LogP contribution in [0.3, 0.4) is 0 Å². The topological polar surface area (TPSA) is 49.9 Å². The minimum Gasteiger partial charge on any atom is -0.495 e. The molecule has 5 nitrogen and oxygen atoms in total. The van der Waals surface area contributed by atoms with Crippen LogP contribution in [0.2, 0.25) is 5.02 Å². The maximum absolute atomic E-state index is 13.0. The molecule has 0 unspecified atom stereocenters. The van der Waals surface area contributed by atoms with Crippen LogP contribution in [-0.4, -0.2) is 50.9 Å². The molecule has 3 rings (SSSR count). The lowest BCUT2D eigenvalue weighted by molar-refractivity contribution is 0.181. The average Bonchev–Trinajstić information content (AvgIpc) is 2.62. The van der Waals surface area contributed by atoms with Crippen LogP contribution >= 0.6 is 27.5 Å². The number of ether oxygens (including phenoxy) is 1. The van der Waals surface area contributed by atoms with E-state index in [1.165, 1.54) is 11.4 Å². The summed E-state index contributed by atoms with van der Waals surface area (Å²) in [6.45, 7) is 2.98. The summed E-state index contributed by atoms with van der Waals surface area (Å²) in [5, 5.41) is 0.713. The number of hydrogen-bond donors (Lipinski definition) is 0. The molecule has 1 heterocycles. The summed E-state index contributed by atoms with van der Waals surface area (Å²) >= 11 is 9.37. The Kier molecular flexibility index (Phi) is 6.25. The first-order chi connectivity index (χ1) is 12.4. The maximum atomic E-state index is 13.0. The van der Waals surface area contributed by atoms with Crippen molar-refractivity contribution in [1.29, 1.82) is 0 Å². The minimum atomic E-state index is -3.60. The Morgan fingerprint density at radius 3 is 2.50 bits per heavy atom. The summed E-state index contributed by atoms with van der Waals surface area (Å²) < 4.78 is 33.5. The van der Waals surface area contributed by atoms with E-state index in [0.29, 0.717) is 41.4 Å². The van der Waals surface area contributed by atoms with E-state index >= 15 is 0 Å². The molecule has 2 aromatic carbocycles. The van der Waals surface area contributed by atoms with E-state index in [9.17, 15) is 8.42 Å². The van der Waals surface area contributed by atoms with Crippen LogP contribution in [0.1, 0.15) is 5.56 Å². The lowest BCUT2D eigenvalue weighted by Crippen LogP contribution is -2.48. The second kappa shape index (κ2) is 8.27. The van der Waals surface area contributed by atoms with E-state index in [0.717, 1.165) is 12.1 Å². The minimum absolute atomic E-state index is 0.192. The number of hydrogen-bond acceptors (Lipinski definition) is 4. The summed E-state index contributed by atoms with van der Waals surface area (Å²) in [7, 11) is -2.12. The molecule has 2 aromatic rings. The van der Waals surface area contributed by atoms with Gasteiger partial charge in [-0.25, -0.2) is 8.42 Å². The Bertz CT molecular complexity index is 884. The van der Waals surface area contributed by atoms with Crippen LogP contribution in [0.4, 0.5) is 0 Å². The van der Waals surface area contributed by atoms with Gasteiger partial charge in [0, 0.05) is 42.2 Å². The van der Waals surface area contributed by atoms with Crippen molar-refractivity contribution in [2.75, 3.05) is 33.3 Å². The van der Waals surface area contributed by atoms with Crippen molar-refractivity contribution in [3.8, 4) is 5.75 Å². The van der Waals surface area contributed by atoms with E-state index in [4.69, 9.17) is 16.3 Å². The number of rotatable bonds is 5. The maximum Gasteiger partial charge on any atom is 0.246 e. The molecule has 1 fully saturated rings. The molecular formula is C18H20BrClN2O3S. The van der Waals surface area contributed by atoms with Crippen LogP contribution < -0.4 is 4.74 Å². The van der Waals surface area contributed by atoms with E-state index in [1.54, 1.807) is 18.2 Å². The predicted molar refractivity (Wildman–Crippen MR) is 106 cm³/mol. The van der Waals surface area contributed by atoms with Gasteiger partial charge in [-0.05, 0) is 35.9 Å². The number of sulfonamides is 1. The van der Waals surface area contributed by atoms with E-state index in [2.05, 4.69) is 20.8 Å². The van der Waals surface area contributed by atoms with Gasteiger partial charge in [-0.15, -0.1) is 0 Å². The smallest absolute Gasteiger partial charge is 0.246 e. The molecular weight excluding hydrogens is 440 g/mol. The Morgan fingerprint density at radius 2 is 1.85 bits per heavy atom. The second-order valence-corrected chi connectivity index (χ2v) is 9.36. The van der Waals surface area contributed by atoms with Gasteiger partial charge in [0.1, 0.15) is 10.6 Å². The van der Waals surface area contributed by atoms with Crippen LogP contribution in [0.5, 0.6) is 5.75 Å². The van der Waals surface area contributed by atoms with Crippen LogP contribution in [0.15, 0.2) is 51.8 Å². The van der Waals surface area contributed by atoms with Crippen molar-refractivity contribution in [3.63, 3.8) is 0 Å². The standard InChI is InChI=1S/C18H20BrClN2O3S/c1-25-17-6-5-15(19)12-18(17)26(23,24)22-9-7-21(8-10-22)13-14-3-2-4-16(20)11-14/h2-6,11-12H,7-10,13H2,1H3. The highest BCUT2D eigenvalue weighted by atomic mass is 79.9. The van der Waals surface area contributed by atoms with Gasteiger partial charge in [-0.3, -0.25) is 4.90 Å². The first-order valence-electron chi connectivity index (χ1n) is 8.20. The molecule has 1 saturated heterocycles. The summed E-state index contributed by atoms with van der Waals surface area (Å²) in [5.74, 6) is 0.356. The molecule has 0 bridgehead atoms. The highest BCUT2D eigenvalue weighted by Crippen LogP contribution is 2.30. The zero-order valence-electron chi connectivity index (χ0n) is 14.4. The molecule has 1 aliphatic heterocycles. The molecule has 0 radical (unpaired) electrons. The Morgan fingerprint density at radius 1 is 1.12 bits per heavy atom. The summed E-state index contributed by atoms with van der Waals surface area (Å²) in [6.07, 6.45) is 0. The predicted octanol–water partition coefficient (Wildman–Crippen LogP) is 3.62. The molecule has 140 valence electrons. The molecule has 0 amide bonds. The van der Waals surface area contributed by atoms with Crippen molar-refractivity contribution in [2.24, 2.45) is 0 Å². The number of halogens is 2. The van der Waals surface area contributed by atoms with Crippen LogP contribution in [-0.2, 0) is 16.6 Å². The lowest BCUT2D eigenvalue weighted by atomic mass is 10.2. The highest BCUT2D eigenvalue weighted by Gasteiger charge is 2.31. The summed E-state index contributed by atoms with van der Waals surface area (Å²) in [6, 6.07) is 12.8. The van der Waals surface area contributed by atoms with Gasteiger partial charge in [0.25, 0.3) is 0 Å². The first-order valence-corrected chi connectivity index (χ1v) is 10.8. The van der Waals surface area contributed by atoms with Gasteiger partial charge in [-0.2, -0.15) is 4.31 Å². The number of piperazine rings is 1. The molecule has 8 heteroatoms. The lowest BCUT2D eigenvalue weighted by Gasteiger charge is -2.34. The van der Waals surface area contributed by atoms with Gasteiger partial charge < -0.3 is 4.74 Å². The molecule has 0 N–H and O–H groups in total. The molecule has 0 aromatic heterocycles. The van der Waals surface area contributed by atoms with Gasteiger partial charge in [-0.1, -0.05) is 39.7 Å². The molecule has 0 aliphatic carbocycles. The zero-order valence-corrected chi connectivity index (χ0v) is 17.5. The Labute approximate surface area is 167 Å². The first kappa shape index (κ1) is 19.6. The molecule has 0 spiro atoms. The van der Waals surface area contributed by atoms with E-state index in [1.807, 2.05) is 24.3 Å². The van der Waals surface area contributed by atoms with Gasteiger partial charge in [0.15, 0.2) is 0 Å². The van der Waals surface area contributed by atoms with Crippen molar-refractivity contribution in [3.05, 3.63) is 57.5 Å². The third kappa shape index (κ3) is 4.40. The van der Waals surface area contributed by atoms with Crippen molar-refractivity contribution < 1.29 is 13.2 Å². The van der Waals surface area contributed by atoms with Crippen molar-refractivity contribution in [1.82, 2.24) is 9.21 Å². The summed E-state index contributed by atoms with van der Waals surface area (Å²) in [5.41, 5.74) is 1.13. The Balaban J connectivity index is 1.70. The largest absolute Gasteiger partial charge is 0.495 e.